The highest BCUT2D eigenvalue weighted by Crippen LogP contribution is 2.20. The lowest BCUT2D eigenvalue weighted by molar-refractivity contribution is -0.138. The highest BCUT2D eigenvalue weighted by Gasteiger charge is 2.06. The van der Waals surface area contributed by atoms with Crippen LogP contribution in [0.3, 0.4) is 0 Å². The molecule has 6 nitrogen and oxygen atoms in total. The van der Waals surface area contributed by atoms with Gasteiger partial charge in [-0.15, -0.1) is 0 Å². The predicted molar refractivity (Wildman–Crippen MR) is 69.5 cm³/mol. The molecule has 1 amide bonds. The number of hydrogen-bond donors (Lipinski definition) is 3. The summed E-state index contributed by atoms with van der Waals surface area (Å²) in [7, 11) is 0. The molecule has 0 saturated heterocycles. The van der Waals surface area contributed by atoms with Crippen LogP contribution in [0.25, 0.3) is 11.3 Å². The van der Waals surface area contributed by atoms with Gasteiger partial charge in [0.15, 0.2) is 0 Å². The number of carboxylic acid groups (broad SMARTS) is 1. The number of nitrogens with zero attached hydrogens (tertiary/aromatic N) is 1. The molecular formula is C13H13N3O3. The van der Waals surface area contributed by atoms with Gasteiger partial charge in [-0.1, -0.05) is 12.1 Å². The second-order valence-corrected chi connectivity index (χ2v) is 3.99. The third-order valence-electron chi connectivity index (χ3n) is 2.52. The normalized spacial score (nSPS) is 10.1. The molecule has 6 heteroatoms. The summed E-state index contributed by atoms with van der Waals surface area (Å²) in [5.74, 6) is -1.30. The lowest BCUT2D eigenvalue weighted by Gasteiger charge is -2.06. The van der Waals surface area contributed by atoms with Gasteiger partial charge in [0.25, 0.3) is 0 Å². The number of carboxylic acids is 1. The fraction of sp³-hybridized carbons (Fsp3) is 0.154. The Morgan fingerprint density at radius 1 is 1.26 bits per heavy atom. The molecule has 0 fully saturated rings. The Morgan fingerprint density at radius 3 is 2.79 bits per heavy atom. The number of amides is 1. The molecule has 1 aromatic heterocycles. The summed E-state index contributed by atoms with van der Waals surface area (Å²) >= 11 is 0. The van der Waals surface area contributed by atoms with Crippen molar-refractivity contribution < 1.29 is 14.7 Å². The van der Waals surface area contributed by atoms with E-state index in [0.717, 1.165) is 11.3 Å². The Morgan fingerprint density at radius 2 is 2.11 bits per heavy atom. The maximum Gasteiger partial charge on any atom is 0.303 e. The SMILES string of the molecule is O=C(O)CCC(=O)Nc1cccc(-c2ccn[nH]2)c1. The number of aliphatic carboxylic acids is 1. The lowest BCUT2D eigenvalue weighted by atomic mass is 10.1. The first-order chi connectivity index (χ1) is 9.15. The van der Waals surface area contributed by atoms with Crippen molar-refractivity contribution in [3.8, 4) is 11.3 Å². The van der Waals surface area contributed by atoms with Crippen LogP contribution in [0.5, 0.6) is 0 Å². The zero-order valence-electron chi connectivity index (χ0n) is 10.1. The van der Waals surface area contributed by atoms with Gasteiger partial charge in [-0.3, -0.25) is 14.7 Å². The van der Waals surface area contributed by atoms with Crippen LogP contribution in [0.4, 0.5) is 5.69 Å². The third kappa shape index (κ3) is 3.67. The fourth-order valence-electron chi connectivity index (χ4n) is 1.63. The molecule has 3 N–H and O–H groups in total. The van der Waals surface area contributed by atoms with Gasteiger partial charge in [0.05, 0.1) is 12.1 Å². The van der Waals surface area contributed by atoms with Crippen molar-refractivity contribution in [1.82, 2.24) is 10.2 Å². The van der Waals surface area contributed by atoms with Crippen molar-refractivity contribution in [3.05, 3.63) is 36.5 Å². The van der Waals surface area contributed by atoms with E-state index in [1.807, 2.05) is 18.2 Å². The van der Waals surface area contributed by atoms with Crippen molar-refractivity contribution >= 4 is 17.6 Å². The third-order valence-corrected chi connectivity index (χ3v) is 2.52. The summed E-state index contributed by atoms with van der Waals surface area (Å²) in [4.78, 5) is 21.9. The molecule has 0 spiro atoms. The highest BCUT2D eigenvalue weighted by molar-refractivity contribution is 5.93. The molecule has 2 rings (SSSR count). The van der Waals surface area contributed by atoms with Gasteiger partial charge in [-0.2, -0.15) is 5.10 Å². The van der Waals surface area contributed by atoms with Crippen LogP contribution in [0, 0.1) is 0 Å². The summed E-state index contributed by atoms with van der Waals surface area (Å²) in [6.45, 7) is 0. The summed E-state index contributed by atoms with van der Waals surface area (Å²) in [6.07, 6.45) is 1.43. The Hall–Kier alpha value is -2.63. The molecule has 1 aromatic carbocycles. The molecule has 2 aromatic rings. The standard InChI is InChI=1S/C13H13N3O3/c17-12(4-5-13(18)19)15-10-3-1-2-9(8-10)11-6-7-14-16-11/h1-3,6-8H,4-5H2,(H,14,16)(H,15,17)(H,18,19). The average molecular weight is 259 g/mol. The van der Waals surface area contributed by atoms with Gasteiger partial charge >= 0.3 is 5.97 Å². The number of nitrogens with one attached hydrogen (secondary N) is 2. The van der Waals surface area contributed by atoms with Crippen molar-refractivity contribution in [3.63, 3.8) is 0 Å². The van der Waals surface area contributed by atoms with Crippen LogP contribution in [0.1, 0.15) is 12.8 Å². The van der Waals surface area contributed by atoms with Crippen LogP contribution in [0.2, 0.25) is 0 Å². The van der Waals surface area contributed by atoms with E-state index < -0.39 is 5.97 Å². The molecule has 0 bridgehead atoms. The van der Waals surface area contributed by atoms with E-state index in [-0.39, 0.29) is 18.7 Å². The van der Waals surface area contributed by atoms with Crippen LogP contribution in [0.15, 0.2) is 36.5 Å². The second kappa shape index (κ2) is 5.81. The smallest absolute Gasteiger partial charge is 0.303 e. The summed E-state index contributed by atoms with van der Waals surface area (Å²) in [6, 6.07) is 9.07. The number of rotatable bonds is 5. The minimum atomic E-state index is -0.985. The summed E-state index contributed by atoms with van der Waals surface area (Å²) in [5.41, 5.74) is 2.37. The number of aromatic amines is 1. The largest absolute Gasteiger partial charge is 0.481 e. The van der Waals surface area contributed by atoms with Crippen LogP contribution in [-0.4, -0.2) is 27.2 Å². The highest BCUT2D eigenvalue weighted by atomic mass is 16.4. The molecule has 98 valence electrons. The van der Waals surface area contributed by atoms with E-state index in [9.17, 15) is 9.59 Å². The maximum absolute atomic E-state index is 11.5. The molecule has 0 aliphatic rings. The van der Waals surface area contributed by atoms with Gasteiger partial charge < -0.3 is 10.4 Å². The molecule has 19 heavy (non-hydrogen) atoms. The fourth-order valence-corrected chi connectivity index (χ4v) is 1.63. The molecule has 0 aliphatic heterocycles. The van der Waals surface area contributed by atoms with Crippen molar-refractivity contribution in [1.29, 1.82) is 0 Å². The van der Waals surface area contributed by atoms with Gasteiger partial charge in [0.1, 0.15) is 0 Å². The predicted octanol–water partition coefficient (Wildman–Crippen LogP) is 1.88. The Bertz CT molecular complexity index is 579. The van der Waals surface area contributed by atoms with Gasteiger partial charge in [0.2, 0.25) is 5.91 Å². The van der Waals surface area contributed by atoms with E-state index in [0.29, 0.717) is 5.69 Å². The van der Waals surface area contributed by atoms with Crippen LogP contribution < -0.4 is 5.32 Å². The quantitative estimate of drug-likeness (QED) is 0.764. The van der Waals surface area contributed by atoms with Crippen LogP contribution >= 0.6 is 0 Å². The average Bonchev–Trinajstić information content (AvgIpc) is 2.90. The first kappa shape index (κ1) is 12.8. The van der Waals surface area contributed by atoms with E-state index in [2.05, 4.69) is 15.5 Å². The van der Waals surface area contributed by atoms with E-state index in [4.69, 9.17) is 5.11 Å². The number of H-pyrrole nitrogens is 1. The minimum Gasteiger partial charge on any atom is -0.481 e. The molecule has 0 radical (unpaired) electrons. The number of benzene rings is 1. The number of carbonyl (C=O) groups excluding carboxylic acids is 1. The zero-order chi connectivity index (χ0) is 13.7. The second-order valence-electron chi connectivity index (χ2n) is 3.99. The Kier molecular flexibility index (Phi) is 3.92. The zero-order valence-corrected chi connectivity index (χ0v) is 10.1. The summed E-state index contributed by atoms with van der Waals surface area (Å²) < 4.78 is 0. The van der Waals surface area contributed by atoms with Crippen molar-refractivity contribution in [2.45, 2.75) is 12.8 Å². The number of anilines is 1. The van der Waals surface area contributed by atoms with Crippen molar-refractivity contribution in [2.24, 2.45) is 0 Å². The van der Waals surface area contributed by atoms with Gasteiger partial charge in [0, 0.05) is 23.9 Å². The lowest BCUT2D eigenvalue weighted by Crippen LogP contribution is -2.13. The minimum absolute atomic E-state index is 0.0381. The number of carbonyl (C=O) groups is 2. The number of aromatic nitrogens is 2. The molecule has 1 heterocycles. The van der Waals surface area contributed by atoms with E-state index in [1.165, 1.54) is 0 Å². The van der Waals surface area contributed by atoms with E-state index >= 15 is 0 Å². The van der Waals surface area contributed by atoms with Gasteiger partial charge in [-0.25, -0.2) is 0 Å². The van der Waals surface area contributed by atoms with E-state index in [1.54, 1.807) is 18.3 Å². The van der Waals surface area contributed by atoms with Gasteiger partial charge in [-0.05, 0) is 18.2 Å². The molecule has 0 saturated carbocycles. The van der Waals surface area contributed by atoms with Crippen LogP contribution in [-0.2, 0) is 9.59 Å². The number of hydrogen-bond acceptors (Lipinski definition) is 3. The first-order valence-corrected chi connectivity index (χ1v) is 5.76. The summed E-state index contributed by atoms with van der Waals surface area (Å²) in [5, 5.41) is 17.9. The monoisotopic (exact) mass is 259 g/mol. The Balaban J connectivity index is 2.03. The molecule has 0 atom stereocenters. The molecular weight excluding hydrogens is 246 g/mol. The first-order valence-electron chi connectivity index (χ1n) is 5.76. The van der Waals surface area contributed by atoms with Crippen molar-refractivity contribution in [2.75, 3.05) is 5.32 Å². The Labute approximate surface area is 109 Å². The maximum atomic E-state index is 11.5. The molecule has 0 unspecified atom stereocenters. The topological polar surface area (TPSA) is 95.1 Å². The molecule has 0 aliphatic carbocycles.